The molecule has 0 atom stereocenters. The zero-order valence-electron chi connectivity index (χ0n) is 14.3. The van der Waals surface area contributed by atoms with Crippen LogP contribution in [0, 0.1) is 0 Å². The molecule has 4 aromatic rings. The number of aromatic nitrogens is 2. The average Bonchev–Trinajstić information content (AvgIpc) is 2.74. The molecule has 0 saturated heterocycles. The molecule has 2 nitrogen and oxygen atoms in total. The third kappa shape index (κ3) is 3.05. The molecule has 2 heterocycles. The SMILES string of the molecule is C=Cc1c(-c2ccccc2)ccnc1-c1cc(-c2ccccc2)ccn1. The monoisotopic (exact) mass is 334 g/mol. The van der Waals surface area contributed by atoms with Crippen molar-refractivity contribution in [2.75, 3.05) is 0 Å². The van der Waals surface area contributed by atoms with Crippen LogP contribution in [-0.4, -0.2) is 9.97 Å². The second kappa shape index (κ2) is 7.16. The molecule has 2 heteroatoms. The molecule has 0 N–H and O–H groups in total. The fourth-order valence-corrected chi connectivity index (χ4v) is 3.12. The third-order valence-electron chi connectivity index (χ3n) is 4.39. The maximum absolute atomic E-state index is 4.61. The van der Waals surface area contributed by atoms with E-state index in [1.807, 2.05) is 67.0 Å². The molecule has 2 aromatic heterocycles. The summed E-state index contributed by atoms with van der Waals surface area (Å²) in [5, 5.41) is 0. The van der Waals surface area contributed by atoms with Crippen LogP contribution < -0.4 is 0 Å². The fraction of sp³-hybridized carbons (Fsp3) is 0. The minimum absolute atomic E-state index is 0.846. The first-order chi connectivity index (χ1) is 12.9. The molecular formula is C24H18N2. The lowest BCUT2D eigenvalue weighted by Gasteiger charge is -2.12. The molecule has 0 aliphatic rings. The van der Waals surface area contributed by atoms with Crippen LogP contribution in [-0.2, 0) is 0 Å². The van der Waals surface area contributed by atoms with Gasteiger partial charge in [-0.1, -0.05) is 73.3 Å². The van der Waals surface area contributed by atoms with Gasteiger partial charge in [0.25, 0.3) is 0 Å². The first kappa shape index (κ1) is 16.0. The van der Waals surface area contributed by atoms with Gasteiger partial charge in [0.15, 0.2) is 0 Å². The van der Waals surface area contributed by atoms with Gasteiger partial charge in [-0.3, -0.25) is 9.97 Å². The second-order valence-corrected chi connectivity index (χ2v) is 5.99. The molecule has 0 fully saturated rings. The lowest BCUT2D eigenvalue weighted by atomic mass is 9.97. The first-order valence-corrected chi connectivity index (χ1v) is 8.55. The Balaban J connectivity index is 1.86. The highest BCUT2D eigenvalue weighted by molar-refractivity contribution is 5.83. The van der Waals surface area contributed by atoms with Crippen LogP contribution >= 0.6 is 0 Å². The molecule has 0 bridgehead atoms. The maximum Gasteiger partial charge on any atom is 0.0964 e. The van der Waals surface area contributed by atoms with Crippen LogP contribution in [0.25, 0.3) is 39.7 Å². The lowest BCUT2D eigenvalue weighted by molar-refractivity contribution is 1.24. The number of hydrogen-bond acceptors (Lipinski definition) is 2. The van der Waals surface area contributed by atoms with Gasteiger partial charge >= 0.3 is 0 Å². The van der Waals surface area contributed by atoms with Crippen LogP contribution in [0.3, 0.4) is 0 Å². The topological polar surface area (TPSA) is 25.8 Å². The summed E-state index contributed by atoms with van der Waals surface area (Å²) < 4.78 is 0. The Morgan fingerprint density at radius 2 is 1.31 bits per heavy atom. The van der Waals surface area contributed by atoms with Crippen molar-refractivity contribution < 1.29 is 0 Å². The number of hydrogen-bond donors (Lipinski definition) is 0. The molecule has 0 aliphatic heterocycles. The number of nitrogens with zero attached hydrogens (tertiary/aromatic N) is 2. The minimum Gasteiger partial charge on any atom is -0.255 e. The van der Waals surface area contributed by atoms with Crippen LogP contribution in [0.1, 0.15) is 5.56 Å². The molecule has 124 valence electrons. The van der Waals surface area contributed by atoms with Crippen molar-refractivity contribution in [3.63, 3.8) is 0 Å². The van der Waals surface area contributed by atoms with E-state index in [1.54, 1.807) is 0 Å². The third-order valence-corrected chi connectivity index (χ3v) is 4.39. The Kier molecular flexibility index (Phi) is 4.40. The summed E-state index contributed by atoms with van der Waals surface area (Å²) in [7, 11) is 0. The van der Waals surface area contributed by atoms with Gasteiger partial charge in [0.05, 0.1) is 11.4 Å². The van der Waals surface area contributed by atoms with Crippen molar-refractivity contribution in [3.05, 3.63) is 103 Å². The molecule has 0 amide bonds. The summed E-state index contributed by atoms with van der Waals surface area (Å²) in [6, 6.07) is 26.7. The molecule has 0 unspecified atom stereocenters. The van der Waals surface area contributed by atoms with Gasteiger partial charge < -0.3 is 0 Å². The lowest BCUT2D eigenvalue weighted by Crippen LogP contribution is -1.94. The van der Waals surface area contributed by atoms with Gasteiger partial charge in [0.2, 0.25) is 0 Å². The Bertz CT molecular complexity index is 1040. The van der Waals surface area contributed by atoms with Crippen LogP contribution in [0.15, 0.2) is 97.8 Å². The van der Waals surface area contributed by atoms with Crippen LogP contribution in [0.5, 0.6) is 0 Å². The number of rotatable bonds is 4. The van der Waals surface area contributed by atoms with E-state index in [9.17, 15) is 0 Å². The van der Waals surface area contributed by atoms with E-state index < -0.39 is 0 Å². The van der Waals surface area contributed by atoms with E-state index in [0.717, 1.165) is 39.2 Å². The zero-order valence-corrected chi connectivity index (χ0v) is 14.3. The summed E-state index contributed by atoms with van der Waals surface area (Å²) in [5.74, 6) is 0. The van der Waals surface area contributed by atoms with E-state index >= 15 is 0 Å². The average molecular weight is 334 g/mol. The van der Waals surface area contributed by atoms with E-state index in [4.69, 9.17) is 0 Å². The Morgan fingerprint density at radius 3 is 2.00 bits per heavy atom. The van der Waals surface area contributed by atoms with Crippen LogP contribution in [0.4, 0.5) is 0 Å². The van der Waals surface area contributed by atoms with E-state index in [1.165, 1.54) is 0 Å². The van der Waals surface area contributed by atoms with Crippen molar-refractivity contribution in [3.8, 4) is 33.6 Å². The Labute approximate surface area is 153 Å². The number of pyridine rings is 2. The highest BCUT2D eigenvalue weighted by Gasteiger charge is 2.12. The van der Waals surface area contributed by atoms with E-state index in [0.29, 0.717) is 0 Å². The van der Waals surface area contributed by atoms with Crippen molar-refractivity contribution in [2.45, 2.75) is 0 Å². The summed E-state index contributed by atoms with van der Waals surface area (Å²) in [4.78, 5) is 9.18. The van der Waals surface area contributed by atoms with E-state index in [2.05, 4.69) is 46.9 Å². The normalized spacial score (nSPS) is 10.5. The summed E-state index contributed by atoms with van der Waals surface area (Å²) >= 11 is 0. The molecule has 0 saturated carbocycles. The minimum atomic E-state index is 0.846. The van der Waals surface area contributed by atoms with Crippen molar-refractivity contribution in [2.24, 2.45) is 0 Å². The van der Waals surface area contributed by atoms with Gasteiger partial charge in [0, 0.05) is 18.0 Å². The predicted molar refractivity (Wildman–Crippen MR) is 108 cm³/mol. The zero-order chi connectivity index (χ0) is 17.8. The molecule has 2 aromatic carbocycles. The van der Waals surface area contributed by atoms with Crippen LogP contribution in [0.2, 0.25) is 0 Å². The molecule has 26 heavy (non-hydrogen) atoms. The fourth-order valence-electron chi connectivity index (χ4n) is 3.12. The maximum atomic E-state index is 4.61. The largest absolute Gasteiger partial charge is 0.255 e. The number of benzene rings is 2. The summed E-state index contributed by atoms with van der Waals surface area (Å²) in [6.07, 6.45) is 5.53. The molecule has 0 spiro atoms. The van der Waals surface area contributed by atoms with Gasteiger partial charge in [-0.25, -0.2) is 0 Å². The van der Waals surface area contributed by atoms with Crippen molar-refractivity contribution in [1.29, 1.82) is 0 Å². The Morgan fingerprint density at radius 1 is 0.654 bits per heavy atom. The highest BCUT2D eigenvalue weighted by Crippen LogP contribution is 2.32. The standard InChI is InChI=1S/C24H18N2/c1-2-21-22(19-11-7-4-8-12-19)14-16-26-24(21)23-17-20(13-15-25-23)18-9-5-3-6-10-18/h2-17H,1H2. The predicted octanol–water partition coefficient (Wildman–Crippen LogP) is 6.12. The van der Waals surface area contributed by atoms with Gasteiger partial charge in [-0.2, -0.15) is 0 Å². The summed E-state index contributed by atoms with van der Waals surface area (Å²) in [6.45, 7) is 4.02. The van der Waals surface area contributed by atoms with Gasteiger partial charge in [-0.15, -0.1) is 0 Å². The first-order valence-electron chi connectivity index (χ1n) is 8.55. The summed E-state index contributed by atoms with van der Waals surface area (Å²) in [5.41, 5.74) is 7.23. The van der Waals surface area contributed by atoms with Crippen molar-refractivity contribution in [1.82, 2.24) is 9.97 Å². The molecule has 0 aliphatic carbocycles. The van der Waals surface area contributed by atoms with Gasteiger partial charge in [0.1, 0.15) is 0 Å². The highest BCUT2D eigenvalue weighted by atomic mass is 14.8. The molecule has 0 radical (unpaired) electrons. The molecule has 4 rings (SSSR count). The molecular weight excluding hydrogens is 316 g/mol. The smallest absolute Gasteiger partial charge is 0.0964 e. The second-order valence-electron chi connectivity index (χ2n) is 5.99. The quantitative estimate of drug-likeness (QED) is 0.449. The van der Waals surface area contributed by atoms with Crippen molar-refractivity contribution >= 4 is 6.08 Å². The van der Waals surface area contributed by atoms with E-state index in [-0.39, 0.29) is 0 Å². The Hall–Kier alpha value is -3.52. The van der Waals surface area contributed by atoms with Gasteiger partial charge in [-0.05, 0) is 40.5 Å².